The lowest BCUT2D eigenvalue weighted by atomic mass is 10.0. The predicted molar refractivity (Wildman–Crippen MR) is 51.2 cm³/mol. The molecule has 0 saturated carbocycles. The van der Waals surface area contributed by atoms with E-state index in [9.17, 15) is 18.0 Å². The highest BCUT2D eigenvalue weighted by Gasteiger charge is 2.34. The summed E-state index contributed by atoms with van der Waals surface area (Å²) >= 11 is 5.66. The maximum absolute atomic E-state index is 12.5. The van der Waals surface area contributed by atoms with Gasteiger partial charge in [0.05, 0.1) is 5.56 Å². The molecule has 0 bridgehead atoms. The Morgan fingerprint density at radius 2 is 1.87 bits per heavy atom. The fourth-order valence-corrected chi connectivity index (χ4v) is 1.37. The molecule has 15 heavy (non-hydrogen) atoms. The first-order chi connectivity index (χ1) is 6.73. The average Bonchev–Trinajstić information content (AvgIpc) is 2.06. The van der Waals surface area contributed by atoms with E-state index in [0.29, 0.717) is 5.56 Å². The molecule has 0 aliphatic rings. The molecule has 5 heteroatoms. The molecule has 0 amide bonds. The van der Waals surface area contributed by atoms with E-state index < -0.39 is 23.1 Å². The predicted octanol–water partition coefficient (Wildman–Crippen LogP) is 3.87. The third-order valence-corrected chi connectivity index (χ3v) is 2.39. The minimum absolute atomic E-state index is 0.160. The monoisotopic (exact) mass is 236 g/mol. The number of carbonyl (C=O) groups is 1. The van der Waals surface area contributed by atoms with Crippen LogP contribution in [-0.2, 0) is 6.18 Å². The zero-order valence-electron chi connectivity index (χ0n) is 8.07. The van der Waals surface area contributed by atoms with Gasteiger partial charge in [0.2, 0.25) is 0 Å². The Kier molecular flexibility index (Phi) is 3.09. The molecule has 0 radical (unpaired) electrons. The van der Waals surface area contributed by atoms with E-state index in [1.165, 1.54) is 6.92 Å². The maximum atomic E-state index is 12.5. The number of aryl methyl sites for hydroxylation is 1. The summed E-state index contributed by atoms with van der Waals surface area (Å²) in [5.41, 5.74) is -1.02. The molecule has 0 aliphatic heterocycles. The van der Waals surface area contributed by atoms with Crippen LogP contribution in [0.15, 0.2) is 12.1 Å². The van der Waals surface area contributed by atoms with E-state index in [1.54, 1.807) is 0 Å². The summed E-state index contributed by atoms with van der Waals surface area (Å²) in [7, 11) is 0. The van der Waals surface area contributed by atoms with Gasteiger partial charge in [0, 0.05) is 10.6 Å². The number of Topliss-reactive ketones (excluding diaryl/α,β-unsaturated/α-hetero) is 1. The number of carbonyl (C=O) groups excluding carboxylic acids is 1. The summed E-state index contributed by atoms with van der Waals surface area (Å²) < 4.78 is 37.6. The van der Waals surface area contributed by atoms with Gasteiger partial charge in [0.25, 0.3) is 0 Å². The van der Waals surface area contributed by atoms with Crippen LogP contribution in [0.3, 0.4) is 0 Å². The molecule has 82 valence electrons. The summed E-state index contributed by atoms with van der Waals surface area (Å²) in [5, 5.41) is 0.160. The second-order valence-corrected chi connectivity index (χ2v) is 3.61. The number of hydrogen-bond donors (Lipinski definition) is 0. The van der Waals surface area contributed by atoms with Gasteiger partial charge in [0.1, 0.15) is 0 Å². The Balaban J connectivity index is 3.49. The van der Waals surface area contributed by atoms with E-state index in [2.05, 4.69) is 0 Å². The maximum Gasteiger partial charge on any atom is 0.417 e. The fraction of sp³-hybridized carbons (Fsp3) is 0.300. The number of rotatable bonds is 1. The first-order valence-electron chi connectivity index (χ1n) is 4.11. The van der Waals surface area contributed by atoms with Crippen LogP contribution in [0.25, 0.3) is 0 Å². The molecule has 0 atom stereocenters. The summed E-state index contributed by atoms with van der Waals surface area (Å²) in [6.45, 7) is 2.54. The molecule has 0 saturated heterocycles. The third kappa shape index (κ3) is 2.50. The SMILES string of the molecule is CC(=O)c1cc(Cl)c(C)cc1C(F)(F)F. The van der Waals surface area contributed by atoms with E-state index in [4.69, 9.17) is 11.6 Å². The number of ketones is 1. The fourth-order valence-electron chi connectivity index (χ4n) is 1.21. The molecule has 1 aromatic rings. The van der Waals surface area contributed by atoms with Crippen molar-refractivity contribution in [2.75, 3.05) is 0 Å². The lowest BCUT2D eigenvalue weighted by Crippen LogP contribution is -2.12. The van der Waals surface area contributed by atoms with Crippen molar-refractivity contribution in [3.63, 3.8) is 0 Å². The standard InChI is InChI=1S/C10H8ClF3O/c1-5-3-8(10(12,13)14)7(6(2)15)4-9(5)11/h3-4H,1-2H3. The van der Waals surface area contributed by atoms with Crippen molar-refractivity contribution in [2.24, 2.45) is 0 Å². The Bertz CT molecular complexity index is 410. The first kappa shape index (κ1) is 12.0. The number of benzene rings is 1. The third-order valence-electron chi connectivity index (χ3n) is 1.98. The molecular weight excluding hydrogens is 229 g/mol. The van der Waals surface area contributed by atoms with Gasteiger partial charge in [-0.05, 0) is 31.5 Å². The molecule has 0 aliphatic carbocycles. The summed E-state index contributed by atoms with van der Waals surface area (Å²) in [6, 6.07) is 1.95. The highest BCUT2D eigenvalue weighted by molar-refractivity contribution is 6.31. The second kappa shape index (κ2) is 3.85. The van der Waals surface area contributed by atoms with Gasteiger partial charge < -0.3 is 0 Å². The average molecular weight is 237 g/mol. The van der Waals surface area contributed by atoms with Crippen molar-refractivity contribution in [3.8, 4) is 0 Å². The van der Waals surface area contributed by atoms with Crippen LogP contribution in [0.2, 0.25) is 5.02 Å². The Morgan fingerprint density at radius 3 is 2.27 bits per heavy atom. The summed E-state index contributed by atoms with van der Waals surface area (Å²) in [4.78, 5) is 11.0. The Labute approximate surface area is 89.9 Å². The Hall–Kier alpha value is -1.03. The number of alkyl halides is 3. The molecular formula is C10H8ClF3O. The van der Waals surface area contributed by atoms with Crippen LogP contribution >= 0.6 is 11.6 Å². The normalized spacial score (nSPS) is 11.6. The van der Waals surface area contributed by atoms with Gasteiger partial charge in [-0.25, -0.2) is 0 Å². The first-order valence-corrected chi connectivity index (χ1v) is 4.49. The zero-order chi connectivity index (χ0) is 11.8. The molecule has 1 nitrogen and oxygen atoms in total. The largest absolute Gasteiger partial charge is 0.417 e. The molecule has 1 rings (SSSR count). The molecule has 0 aromatic heterocycles. The van der Waals surface area contributed by atoms with Gasteiger partial charge in [-0.15, -0.1) is 0 Å². The second-order valence-electron chi connectivity index (χ2n) is 3.20. The lowest BCUT2D eigenvalue weighted by molar-refractivity contribution is -0.137. The smallest absolute Gasteiger partial charge is 0.294 e. The van der Waals surface area contributed by atoms with Crippen molar-refractivity contribution in [2.45, 2.75) is 20.0 Å². The van der Waals surface area contributed by atoms with Gasteiger partial charge in [0.15, 0.2) is 5.78 Å². The van der Waals surface area contributed by atoms with Crippen molar-refractivity contribution in [1.29, 1.82) is 0 Å². The molecule has 0 unspecified atom stereocenters. The van der Waals surface area contributed by atoms with Gasteiger partial charge in [-0.3, -0.25) is 4.79 Å². The molecule has 0 heterocycles. The Morgan fingerprint density at radius 1 is 1.33 bits per heavy atom. The van der Waals surface area contributed by atoms with Gasteiger partial charge in [-0.1, -0.05) is 11.6 Å². The summed E-state index contributed by atoms with van der Waals surface area (Å²) in [5.74, 6) is -0.649. The quantitative estimate of drug-likeness (QED) is 0.677. The van der Waals surface area contributed by atoms with Crippen molar-refractivity contribution < 1.29 is 18.0 Å². The molecule has 0 N–H and O–H groups in total. The lowest BCUT2D eigenvalue weighted by Gasteiger charge is -2.12. The van der Waals surface area contributed by atoms with Crippen LogP contribution in [-0.4, -0.2) is 5.78 Å². The minimum Gasteiger partial charge on any atom is -0.294 e. The van der Waals surface area contributed by atoms with Crippen LogP contribution in [0, 0.1) is 6.92 Å². The zero-order valence-corrected chi connectivity index (χ0v) is 8.83. The van der Waals surface area contributed by atoms with Gasteiger partial charge in [-0.2, -0.15) is 13.2 Å². The molecule has 1 aromatic carbocycles. The van der Waals surface area contributed by atoms with Crippen LogP contribution in [0.5, 0.6) is 0 Å². The van der Waals surface area contributed by atoms with Crippen molar-refractivity contribution in [3.05, 3.63) is 33.8 Å². The van der Waals surface area contributed by atoms with Crippen molar-refractivity contribution >= 4 is 17.4 Å². The highest BCUT2D eigenvalue weighted by Crippen LogP contribution is 2.34. The minimum atomic E-state index is -4.53. The van der Waals surface area contributed by atoms with Crippen LogP contribution < -0.4 is 0 Å². The number of halogens is 4. The van der Waals surface area contributed by atoms with E-state index in [1.807, 2.05) is 0 Å². The van der Waals surface area contributed by atoms with Crippen LogP contribution in [0.1, 0.15) is 28.4 Å². The van der Waals surface area contributed by atoms with E-state index in [-0.39, 0.29) is 5.02 Å². The van der Waals surface area contributed by atoms with E-state index >= 15 is 0 Å². The summed E-state index contributed by atoms with van der Waals surface area (Å²) in [6.07, 6.45) is -4.53. The van der Waals surface area contributed by atoms with Crippen molar-refractivity contribution in [1.82, 2.24) is 0 Å². The molecule has 0 spiro atoms. The van der Waals surface area contributed by atoms with Crippen LogP contribution in [0.4, 0.5) is 13.2 Å². The van der Waals surface area contributed by atoms with E-state index in [0.717, 1.165) is 19.1 Å². The highest BCUT2D eigenvalue weighted by atomic mass is 35.5. The van der Waals surface area contributed by atoms with Gasteiger partial charge >= 0.3 is 6.18 Å². The number of hydrogen-bond acceptors (Lipinski definition) is 1. The topological polar surface area (TPSA) is 17.1 Å². The molecule has 0 fully saturated rings.